The topological polar surface area (TPSA) is 49.3 Å². The highest BCUT2D eigenvalue weighted by molar-refractivity contribution is 5.73. The zero-order valence-corrected chi connectivity index (χ0v) is 10.0. The second-order valence-corrected chi connectivity index (χ2v) is 5.35. The lowest BCUT2D eigenvalue weighted by Gasteiger charge is -2.24. The third-order valence-electron chi connectivity index (χ3n) is 3.22. The van der Waals surface area contributed by atoms with Gasteiger partial charge in [0, 0.05) is 12.6 Å². The number of carbonyl (C=O) groups is 1. The minimum atomic E-state index is -0.726. The smallest absolute Gasteiger partial charge is 0.310 e. The molecule has 3 heteroatoms. The number of hydrogen-bond acceptors (Lipinski definition) is 2. The monoisotopic (exact) mass is 213 g/mol. The molecule has 15 heavy (non-hydrogen) atoms. The van der Waals surface area contributed by atoms with Gasteiger partial charge in [-0.1, -0.05) is 19.8 Å². The predicted octanol–water partition coefficient (Wildman–Crippen LogP) is 2.27. The van der Waals surface area contributed by atoms with Crippen LogP contribution >= 0.6 is 0 Å². The van der Waals surface area contributed by atoms with Crippen LogP contribution in [0.5, 0.6) is 0 Å². The molecule has 0 heterocycles. The van der Waals surface area contributed by atoms with E-state index in [0.717, 1.165) is 12.3 Å². The molecule has 1 unspecified atom stereocenters. The molecule has 0 amide bonds. The Bertz CT molecular complexity index is 222. The Balaban J connectivity index is 2.28. The molecule has 3 nitrogen and oxygen atoms in total. The van der Waals surface area contributed by atoms with Crippen molar-refractivity contribution in [1.82, 2.24) is 5.32 Å². The van der Waals surface area contributed by atoms with Gasteiger partial charge >= 0.3 is 5.97 Å². The zero-order valence-electron chi connectivity index (χ0n) is 10.0. The molecule has 1 atom stereocenters. The van der Waals surface area contributed by atoms with Gasteiger partial charge in [0.2, 0.25) is 0 Å². The maximum absolute atomic E-state index is 10.9. The Kier molecular flexibility index (Phi) is 4.14. The second-order valence-electron chi connectivity index (χ2n) is 5.35. The van der Waals surface area contributed by atoms with Crippen LogP contribution in [0.4, 0.5) is 0 Å². The minimum absolute atomic E-state index is 0.496. The van der Waals surface area contributed by atoms with Gasteiger partial charge in [0.25, 0.3) is 0 Å². The van der Waals surface area contributed by atoms with Gasteiger partial charge in [0.05, 0.1) is 5.41 Å². The number of rotatable bonds is 7. The molecular weight excluding hydrogens is 190 g/mol. The summed E-state index contributed by atoms with van der Waals surface area (Å²) in [7, 11) is 0. The van der Waals surface area contributed by atoms with E-state index in [1.165, 1.54) is 19.3 Å². The molecule has 0 aromatic rings. The van der Waals surface area contributed by atoms with Gasteiger partial charge in [-0.2, -0.15) is 0 Å². The molecule has 0 aliphatic heterocycles. The van der Waals surface area contributed by atoms with E-state index >= 15 is 0 Å². The van der Waals surface area contributed by atoms with Crippen molar-refractivity contribution in [2.45, 2.75) is 52.5 Å². The van der Waals surface area contributed by atoms with Crippen molar-refractivity contribution in [2.24, 2.45) is 11.3 Å². The molecule has 1 aliphatic rings. The first-order valence-corrected chi connectivity index (χ1v) is 5.92. The number of carboxylic acid groups (broad SMARTS) is 1. The Morgan fingerprint density at radius 3 is 2.53 bits per heavy atom. The van der Waals surface area contributed by atoms with Gasteiger partial charge in [-0.3, -0.25) is 4.79 Å². The highest BCUT2D eigenvalue weighted by Gasteiger charge is 2.29. The average molecular weight is 213 g/mol. The van der Waals surface area contributed by atoms with Crippen LogP contribution in [-0.4, -0.2) is 23.7 Å². The van der Waals surface area contributed by atoms with Gasteiger partial charge < -0.3 is 10.4 Å². The van der Waals surface area contributed by atoms with Crippen molar-refractivity contribution in [1.29, 1.82) is 0 Å². The van der Waals surface area contributed by atoms with Crippen LogP contribution in [0.25, 0.3) is 0 Å². The number of hydrogen-bond donors (Lipinski definition) is 2. The van der Waals surface area contributed by atoms with Crippen LogP contribution in [0.1, 0.15) is 46.5 Å². The maximum Gasteiger partial charge on any atom is 0.310 e. The molecule has 0 aromatic carbocycles. The zero-order chi connectivity index (χ0) is 11.5. The molecule has 1 saturated carbocycles. The third-order valence-corrected chi connectivity index (χ3v) is 3.22. The summed E-state index contributed by atoms with van der Waals surface area (Å²) in [5.74, 6) is 0.173. The molecule has 2 N–H and O–H groups in total. The summed E-state index contributed by atoms with van der Waals surface area (Å²) in [4.78, 5) is 10.9. The van der Waals surface area contributed by atoms with Crippen molar-refractivity contribution in [3.8, 4) is 0 Å². The summed E-state index contributed by atoms with van der Waals surface area (Å²) in [6.45, 7) is 6.26. The van der Waals surface area contributed by atoms with Gasteiger partial charge in [-0.05, 0) is 32.6 Å². The highest BCUT2D eigenvalue weighted by atomic mass is 16.4. The fourth-order valence-electron chi connectivity index (χ4n) is 1.63. The Morgan fingerprint density at radius 2 is 2.13 bits per heavy atom. The van der Waals surface area contributed by atoms with Crippen molar-refractivity contribution >= 4 is 5.97 Å². The van der Waals surface area contributed by atoms with E-state index in [-0.39, 0.29) is 0 Å². The van der Waals surface area contributed by atoms with E-state index in [0.29, 0.717) is 12.6 Å². The van der Waals surface area contributed by atoms with Crippen molar-refractivity contribution in [2.75, 3.05) is 6.54 Å². The molecule has 0 radical (unpaired) electrons. The Morgan fingerprint density at radius 1 is 1.53 bits per heavy atom. The van der Waals surface area contributed by atoms with E-state index in [4.69, 9.17) is 5.11 Å². The van der Waals surface area contributed by atoms with Crippen LogP contribution in [0.3, 0.4) is 0 Å². The van der Waals surface area contributed by atoms with E-state index in [1.54, 1.807) is 13.8 Å². The summed E-state index contributed by atoms with van der Waals surface area (Å²) in [5.41, 5.74) is -0.656. The van der Waals surface area contributed by atoms with Crippen molar-refractivity contribution in [3.63, 3.8) is 0 Å². The molecule has 0 saturated heterocycles. The van der Waals surface area contributed by atoms with Crippen molar-refractivity contribution in [3.05, 3.63) is 0 Å². The van der Waals surface area contributed by atoms with Crippen LogP contribution < -0.4 is 5.32 Å². The van der Waals surface area contributed by atoms with Crippen molar-refractivity contribution < 1.29 is 9.90 Å². The lowest BCUT2D eigenvalue weighted by Crippen LogP contribution is -2.41. The van der Waals surface area contributed by atoms with Crippen LogP contribution in [-0.2, 0) is 4.79 Å². The first kappa shape index (κ1) is 12.5. The number of nitrogens with one attached hydrogen (secondary N) is 1. The van der Waals surface area contributed by atoms with E-state index in [9.17, 15) is 4.79 Å². The second kappa shape index (κ2) is 4.97. The van der Waals surface area contributed by atoms with Crippen LogP contribution in [0.15, 0.2) is 0 Å². The fourth-order valence-corrected chi connectivity index (χ4v) is 1.63. The lowest BCUT2D eigenvalue weighted by atomic mass is 9.93. The lowest BCUT2D eigenvalue weighted by molar-refractivity contribution is -0.146. The van der Waals surface area contributed by atoms with E-state index in [1.807, 2.05) is 0 Å². The van der Waals surface area contributed by atoms with Crippen LogP contribution in [0.2, 0.25) is 0 Å². The van der Waals surface area contributed by atoms with Gasteiger partial charge in [-0.15, -0.1) is 0 Å². The van der Waals surface area contributed by atoms with E-state index in [2.05, 4.69) is 12.2 Å². The summed E-state index contributed by atoms with van der Waals surface area (Å²) in [5, 5.41) is 12.4. The molecule has 88 valence electrons. The van der Waals surface area contributed by atoms with Gasteiger partial charge in [0.15, 0.2) is 0 Å². The third kappa shape index (κ3) is 4.20. The quantitative estimate of drug-likeness (QED) is 0.682. The summed E-state index contributed by atoms with van der Waals surface area (Å²) < 4.78 is 0. The Hall–Kier alpha value is -0.570. The first-order valence-electron chi connectivity index (χ1n) is 5.92. The SMILES string of the molecule is CCC(CC1CC1)NCC(C)(C)C(=O)O. The highest BCUT2D eigenvalue weighted by Crippen LogP contribution is 2.34. The fraction of sp³-hybridized carbons (Fsp3) is 0.917. The molecule has 0 bridgehead atoms. The normalized spacial score (nSPS) is 18.9. The van der Waals surface area contributed by atoms with Crippen LogP contribution in [0, 0.1) is 11.3 Å². The predicted molar refractivity (Wildman–Crippen MR) is 60.8 cm³/mol. The molecule has 1 fully saturated rings. The average Bonchev–Trinajstić information content (AvgIpc) is 2.95. The summed E-state index contributed by atoms with van der Waals surface area (Å²) >= 11 is 0. The summed E-state index contributed by atoms with van der Waals surface area (Å²) in [6, 6.07) is 0.496. The van der Waals surface area contributed by atoms with Gasteiger partial charge in [-0.25, -0.2) is 0 Å². The minimum Gasteiger partial charge on any atom is -0.481 e. The molecular formula is C12H23NO2. The molecule has 0 spiro atoms. The maximum atomic E-state index is 10.9. The van der Waals surface area contributed by atoms with Gasteiger partial charge in [0.1, 0.15) is 0 Å². The van der Waals surface area contributed by atoms with E-state index < -0.39 is 11.4 Å². The first-order chi connectivity index (χ1) is 6.95. The summed E-state index contributed by atoms with van der Waals surface area (Å²) in [6.07, 6.45) is 5.03. The largest absolute Gasteiger partial charge is 0.481 e. The standard InChI is InChI=1S/C12H23NO2/c1-4-10(7-9-5-6-9)13-8-12(2,3)11(14)15/h9-10,13H,4-8H2,1-3H3,(H,14,15). The number of aliphatic carboxylic acids is 1. The number of carboxylic acids is 1. The Labute approximate surface area is 92.3 Å². The molecule has 1 rings (SSSR count). The molecule has 1 aliphatic carbocycles. The molecule has 0 aromatic heterocycles.